The highest BCUT2D eigenvalue weighted by Crippen LogP contribution is 2.48. The predicted molar refractivity (Wildman–Crippen MR) is 72.5 cm³/mol. The zero-order valence-electron chi connectivity index (χ0n) is 11.1. The van der Waals surface area contributed by atoms with Crippen LogP contribution in [0, 0.1) is 23.7 Å². The molecule has 3 heteroatoms. The molecule has 0 saturated heterocycles. The molecule has 1 fully saturated rings. The van der Waals surface area contributed by atoms with Crippen molar-refractivity contribution >= 4 is 5.69 Å². The number of rotatable bonds is 6. The number of hydrogen-bond acceptors (Lipinski definition) is 3. The fourth-order valence-electron chi connectivity index (χ4n) is 2.20. The number of nitrogens with zero attached hydrogens (tertiary/aromatic N) is 1. The van der Waals surface area contributed by atoms with Crippen LogP contribution in [0.4, 0.5) is 5.69 Å². The maximum atomic E-state index is 8.89. The summed E-state index contributed by atoms with van der Waals surface area (Å²) < 4.78 is 5.16. The summed E-state index contributed by atoms with van der Waals surface area (Å²) in [5.41, 5.74) is 3.33. The molecule has 1 aliphatic rings. The number of benzene rings is 1. The van der Waals surface area contributed by atoms with Crippen LogP contribution in [0.25, 0.3) is 0 Å². The van der Waals surface area contributed by atoms with Gasteiger partial charge in [0.25, 0.3) is 0 Å². The number of hydrogen-bond donors (Lipinski definition) is 1. The number of aryl methyl sites for hydroxylation is 1. The summed E-state index contributed by atoms with van der Waals surface area (Å²) in [6, 6.07) is 8.10. The number of nitriles is 1. The van der Waals surface area contributed by atoms with Gasteiger partial charge in [-0.15, -0.1) is 0 Å². The van der Waals surface area contributed by atoms with E-state index in [1.807, 2.05) is 25.1 Å². The Balaban J connectivity index is 1.91. The molecule has 0 radical (unpaired) electrons. The SMILES string of the molecule is COCCC1(CNc2ccc(C#N)c(C)c2)CC1. The van der Waals surface area contributed by atoms with Crippen molar-refractivity contribution in [3.63, 3.8) is 0 Å². The summed E-state index contributed by atoms with van der Waals surface area (Å²) in [5.74, 6) is 0. The zero-order valence-corrected chi connectivity index (χ0v) is 11.1. The molecule has 96 valence electrons. The van der Waals surface area contributed by atoms with Crippen LogP contribution >= 0.6 is 0 Å². The molecule has 1 N–H and O–H groups in total. The molecule has 1 saturated carbocycles. The first-order chi connectivity index (χ1) is 8.69. The van der Waals surface area contributed by atoms with E-state index >= 15 is 0 Å². The second-order valence-electron chi connectivity index (χ2n) is 5.24. The molecule has 0 spiro atoms. The summed E-state index contributed by atoms with van der Waals surface area (Å²) in [5, 5.41) is 12.4. The van der Waals surface area contributed by atoms with Gasteiger partial charge in [-0.3, -0.25) is 0 Å². The number of methoxy groups -OCH3 is 1. The first-order valence-corrected chi connectivity index (χ1v) is 6.43. The van der Waals surface area contributed by atoms with Crippen molar-refractivity contribution in [1.29, 1.82) is 5.26 Å². The van der Waals surface area contributed by atoms with Crippen LogP contribution < -0.4 is 5.32 Å². The van der Waals surface area contributed by atoms with E-state index in [1.54, 1.807) is 7.11 Å². The Labute approximate surface area is 109 Å². The zero-order chi connectivity index (χ0) is 13.0. The lowest BCUT2D eigenvalue weighted by Gasteiger charge is -2.16. The third kappa shape index (κ3) is 3.02. The van der Waals surface area contributed by atoms with Gasteiger partial charge >= 0.3 is 0 Å². The van der Waals surface area contributed by atoms with E-state index in [4.69, 9.17) is 10.00 Å². The Hall–Kier alpha value is -1.53. The van der Waals surface area contributed by atoms with Crippen LogP contribution in [0.15, 0.2) is 18.2 Å². The van der Waals surface area contributed by atoms with Gasteiger partial charge in [0.05, 0.1) is 11.6 Å². The second-order valence-corrected chi connectivity index (χ2v) is 5.24. The van der Waals surface area contributed by atoms with Crippen molar-refractivity contribution in [2.24, 2.45) is 5.41 Å². The number of anilines is 1. The molecule has 0 amide bonds. The standard InChI is InChI=1S/C15H20N2O/c1-12-9-14(4-3-13(12)10-16)17-11-15(5-6-15)7-8-18-2/h3-4,9,17H,5-8,11H2,1-2H3. The topological polar surface area (TPSA) is 45.0 Å². The maximum Gasteiger partial charge on any atom is 0.0994 e. The third-order valence-electron chi connectivity index (χ3n) is 3.81. The van der Waals surface area contributed by atoms with Crippen molar-refractivity contribution in [3.8, 4) is 6.07 Å². The average Bonchev–Trinajstić information content (AvgIpc) is 3.15. The van der Waals surface area contributed by atoms with Crippen molar-refractivity contribution in [2.45, 2.75) is 26.2 Å². The van der Waals surface area contributed by atoms with Crippen LogP contribution in [0.3, 0.4) is 0 Å². The van der Waals surface area contributed by atoms with Gasteiger partial charge in [0, 0.05) is 25.9 Å². The van der Waals surface area contributed by atoms with E-state index in [0.29, 0.717) is 5.41 Å². The Morgan fingerprint density at radius 2 is 2.22 bits per heavy atom. The van der Waals surface area contributed by atoms with Gasteiger partial charge in [-0.25, -0.2) is 0 Å². The fraction of sp³-hybridized carbons (Fsp3) is 0.533. The molecule has 1 aliphatic carbocycles. The lowest BCUT2D eigenvalue weighted by atomic mass is 10.0. The summed E-state index contributed by atoms with van der Waals surface area (Å²) in [4.78, 5) is 0. The summed E-state index contributed by atoms with van der Waals surface area (Å²) in [6.07, 6.45) is 3.71. The molecule has 0 unspecified atom stereocenters. The molecule has 0 aliphatic heterocycles. The first-order valence-electron chi connectivity index (χ1n) is 6.43. The molecule has 2 rings (SSSR count). The maximum absolute atomic E-state index is 8.89. The highest BCUT2D eigenvalue weighted by molar-refractivity contribution is 5.51. The molecule has 3 nitrogen and oxygen atoms in total. The van der Waals surface area contributed by atoms with Gasteiger partial charge in [-0.1, -0.05) is 0 Å². The molecule has 1 aromatic carbocycles. The van der Waals surface area contributed by atoms with Crippen LogP contribution in [-0.2, 0) is 4.74 Å². The van der Waals surface area contributed by atoms with Crippen LogP contribution in [0.2, 0.25) is 0 Å². The van der Waals surface area contributed by atoms with Crippen molar-refractivity contribution in [3.05, 3.63) is 29.3 Å². The van der Waals surface area contributed by atoms with E-state index in [-0.39, 0.29) is 0 Å². The highest BCUT2D eigenvalue weighted by Gasteiger charge is 2.41. The van der Waals surface area contributed by atoms with Crippen LogP contribution in [0.1, 0.15) is 30.4 Å². The number of ether oxygens (including phenoxy) is 1. The van der Waals surface area contributed by atoms with E-state index in [9.17, 15) is 0 Å². The quantitative estimate of drug-likeness (QED) is 0.836. The molecule has 0 bridgehead atoms. The lowest BCUT2D eigenvalue weighted by Crippen LogP contribution is -2.17. The van der Waals surface area contributed by atoms with E-state index in [1.165, 1.54) is 12.8 Å². The molecule has 1 aromatic rings. The summed E-state index contributed by atoms with van der Waals surface area (Å²) in [7, 11) is 1.76. The monoisotopic (exact) mass is 244 g/mol. The third-order valence-corrected chi connectivity index (χ3v) is 3.81. The van der Waals surface area contributed by atoms with Gasteiger partial charge in [0.2, 0.25) is 0 Å². The minimum Gasteiger partial charge on any atom is -0.385 e. The first kappa shape index (κ1) is 12.9. The van der Waals surface area contributed by atoms with Gasteiger partial charge in [0.1, 0.15) is 0 Å². The molecule has 0 atom stereocenters. The Bertz CT molecular complexity index is 458. The van der Waals surface area contributed by atoms with Crippen LogP contribution in [-0.4, -0.2) is 20.3 Å². The normalized spacial score (nSPS) is 16.1. The summed E-state index contributed by atoms with van der Waals surface area (Å²) >= 11 is 0. The summed E-state index contributed by atoms with van der Waals surface area (Å²) in [6.45, 7) is 3.82. The largest absolute Gasteiger partial charge is 0.385 e. The van der Waals surface area contributed by atoms with Gasteiger partial charge in [0.15, 0.2) is 0 Å². The average molecular weight is 244 g/mol. The molecule has 0 aromatic heterocycles. The Morgan fingerprint density at radius 1 is 1.44 bits per heavy atom. The lowest BCUT2D eigenvalue weighted by molar-refractivity contribution is 0.175. The van der Waals surface area contributed by atoms with Crippen LogP contribution in [0.5, 0.6) is 0 Å². The predicted octanol–water partition coefficient (Wildman–Crippen LogP) is 3.10. The minimum absolute atomic E-state index is 0.442. The van der Waals surface area contributed by atoms with Crippen molar-refractivity contribution in [1.82, 2.24) is 0 Å². The molecular formula is C15H20N2O. The Morgan fingerprint density at radius 3 is 2.78 bits per heavy atom. The molecule has 18 heavy (non-hydrogen) atoms. The van der Waals surface area contributed by atoms with E-state index in [0.717, 1.165) is 36.4 Å². The second kappa shape index (κ2) is 5.41. The van der Waals surface area contributed by atoms with Crippen molar-refractivity contribution < 1.29 is 4.74 Å². The van der Waals surface area contributed by atoms with E-state index in [2.05, 4.69) is 11.4 Å². The molecule has 0 heterocycles. The molecular weight excluding hydrogens is 224 g/mol. The minimum atomic E-state index is 0.442. The fourth-order valence-corrected chi connectivity index (χ4v) is 2.20. The highest BCUT2D eigenvalue weighted by atomic mass is 16.5. The van der Waals surface area contributed by atoms with Gasteiger partial charge < -0.3 is 10.1 Å². The number of nitrogens with one attached hydrogen (secondary N) is 1. The van der Waals surface area contributed by atoms with E-state index < -0.39 is 0 Å². The van der Waals surface area contributed by atoms with Gasteiger partial charge in [-0.2, -0.15) is 5.26 Å². The van der Waals surface area contributed by atoms with Crippen molar-refractivity contribution in [2.75, 3.05) is 25.6 Å². The van der Waals surface area contributed by atoms with Gasteiger partial charge in [-0.05, 0) is 55.4 Å². The Kier molecular flexibility index (Phi) is 3.88. The smallest absolute Gasteiger partial charge is 0.0994 e.